The van der Waals surface area contributed by atoms with Crippen LogP contribution in [0.25, 0.3) is 11.5 Å². The van der Waals surface area contributed by atoms with Crippen LogP contribution in [0.4, 0.5) is 0 Å². The zero-order chi connectivity index (χ0) is 13.9. The van der Waals surface area contributed by atoms with Crippen molar-refractivity contribution in [3.63, 3.8) is 0 Å². The maximum absolute atomic E-state index is 6.08. The molecule has 2 heterocycles. The van der Waals surface area contributed by atoms with Crippen molar-refractivity contribution < 1.29 is 4.52 Å². The summed E-state index contributed by atoms with van der Waals surface area (Å²) in [5.74, 6) is 1.90. The summed E-state index contributed by atoms with van der Waals surface area (Å²) < 4.78 is 6.19. The van der Waals surface area contributed by atoms with Crippen LogP contribution >= 0.6 is 27.5 Å². The SMILES string of the molecule is Clc1cc(-c2nc(CC3CCCNC3)no2)ccc1Br. The van der Waals surface area contributed by atoms with Gasteiger partial charge >= 0.3 is 0 Å². The molecule has 6 heteroatoms. The van der Waals surface area contributed by atoms with Crippen LogP contribution in [0.5, 0.6) is 0 Å². The highest BCUT2D eigenvalue weighted by molar-refractivity contribution is 9.10. The molecule has 0 saturated carbocycles. The zero-order valence-electron chi connectivity index (χ0n) is 10.9. The van der Waals surface area contributed by atoms with E-state index in [1.54, 1.807) is 0 Å². The molecule has 1 fully saturated rings. The van der Waals surface area contributed by atoms with E-state index in [4.69, 9.17) is 16.1 Å². The van der Waals surface area contributed by atoms with E-state index in [1.165, 1.54) is 12.8 Å². The molecule has 1 saturated heterocycles. The summed E-state index contributed by atoms with van der Waals surface area (Å²) in [6.07, 6.45) is 3.31. The number of aromatic nitrogens is 2. The third-order valence-corrected chi connectivity index (χ3v) is 4.74. The van der Waals surface area contributed by atoms with Crippen LogP contribution in [0.1, 0.15) is 18.7 Å². The van der Waals surface area contributed by atoms with Gasteiger partial charge in [-0.15, -0.1) is 0 Å². The summed E-state index contributed by atoms with van der Waals surface area (Å²) in [7, 11) is 0. The van der Waals surface area contributed by atoms with E-state index in [1.807, 2.05) is 18.2 Å². The number of benzene rings is 1. The smallest absolute Gasteiger partial charge is 0.257 e. The van der Waals surface area contributed by atoms with Gasteiger partial charge in [-0.05, 0) is 66.0 Å². The van der Waals surface area contributed by atoms with Gasteiger partial charge in [0.15, 0.2) is 5.82 Å². The molecule has 0 radical (unpaired) electrons. The van der Waals surface area contributed by atoms with Crippen LogP contribution in [-0.4, -0.2) is 23.2 Å². The minimum atomic E-state index is 0.526. The molecule has 0 bridgehead atoms. The highest BCUT2D eigenvalue weighted by atomic mass is 79.9. The average Bonchev–Trinajstić information content (AvgIpc) is 2.91. The minimum Gasteiger partial charge on any atom is -0.334 e. The Hall–Kier alpha value is -0.910. The molecule has 3 rings (SSSR count). The maximum Gasteiger partial charge on any atom is 0.257 e. The number of rotatable bonds is 3. The first-order valence-electron chi connectivity index (χ1n) is 6.71. The van der Waals surface area contributed by atoms with E-state index in [-0.39, 0.29) is 0 Å². The monoisotopic (exact) mass is 355 g/mol. The van der Waals surface area contributed by atoms with Gasteiger partial charge in [-0.2, -0.15) is 4.98 Å². The number of halogens is 2. The summed E-state index contributed by atoms with van der Waals surface area (Å²) in [6, 6.07) is 5.62. The molecule has 4 nitrogen and oxygen atoms in total. The van der Waals surface area contributed by atoms with Crippen molar-refractivity contribution in [2.45, 2.75) is 19.3 Å². The van der Waals surface area contributed by atoms with Crippen LogP contribution in [0.2, 0.25) is 5.02 Å². The van der Waals surface area contributed by atoms with Crippen molar-refractivity contribution in [3.05, 3.63) is 33.5 Å². The molecular formula is C14H15BrClN3O. The van der Waals surface area contributed by atoms with Crippen molar-refractivity contribution in [3.8, 4) is 11.5 Å². The number of nitrogens with zero attached hydrogens (tertiary/aromatic N) is 2. The first-order chi connectivity index (χ1) is 9.72. The van der Waals surface area contributed by atoms with E-state index < -0.39 is 0 Å². The Kier molecular flexibility index (Phi) is 4.38. The number of nitrogens with one attached hydrogen (secondary N) is 1. The van der Waals surface area contributed by atoms with Crippen LogP contribution < -0.4 is 5.32 Å². The first kappa shape index (κ1) is 14.0. The van der Waals surface area contributed by atoms with E-state index in [9.17, 15) is 0 Å². The lowest BCUT2D eigenvalue weighted by atomic mass is 9.96. The van der Waals surface area contributed by atoms with Gasteiger partial charge in [-0.1, -0.05) is 16.8 Å². The van der Waals surface area contributed by atoms with Crippen molar-refractivity contribution in [1.82, 2.24) is 15.5 Å². The van der Waals surface area contributed by atoms with E-state index in [0.29, 0.717) is 16.8 Å². The molecule has 0 amide bonds. The molecule has 20 heavy (non-hydrogen) atoms. The lowest BCUT2D eigenvalue weighted by molar-refractivity contribution is 0.360. The van der Waals surface area contributed by atoms with Crippen molar-refractivity contribution in [2.24, 2.45) is 5.92 Å². The van der Waals surface area contributed by atoms with Crippen LogP contribution in [0.3, 0.4) is 0 Å². The fraction of sp³-hybridized carbons (Fsp3) is 0.429. The van der Waals surface area contributed by atoms with Crippen LogP contribution in [0, 0.1) is 5.92 Å². The number of hydrogen-bond donors (Lipinski definition) is 1. The molecule has 1 atom stereocenters. The highest BCUT2D eigenvalue weighted by Gasteiger charge is 2.17. The molecule has 1 aromatic heterocycles. The standard InChI is InChI=1S/C14H15BrClN3O/c15-11-4-3-10(7-12(11)16)14-18-13(19-20-14)6-9-2-1-5-17-8-9/h3-4,7,9,17H,1-2,5-6,8H2. The van der Waals surface area contributed by atoms with Gasteiger partial charge < -0.3 is 9.84 Å². The van der Waals surface area contributed by atoms with Crippen molar-refractivity contribution in [1.29, 1.82) is 0 Å². The number of piperidine rings is 1. The lowest BCUT2D eigenvalue weighted by Gasteiger charge is -2.20. The van der Waals surface area contributed by atoms with Crippen molar-refractivity contribution >= 4 is 27.5 Å². The molecule has 0 aliphatic carbocycles. The fourth-order valence-electron chi connectivity index (χ4n) is 2.44. The average molecular weight is 357 g/mol. The molecule has 1 aliphatic heterocycles. The molecule has 1 N–H and O–H groups in total. The lowest BCUT2D eigenvalue weighted by Crippen LogP contribution is -2.31. The van der Waals surface area contributed by atoms with Gasteiger partial charge in [0.2, 0.25) is 0 Å². The third kappa shape index (κ3) is 3.22. The summed E-state index contributed by atoms with van der Waals surface area (Å²) in [5, 5.41) is 8.11. The van der Waals surface area contributed by atoms with Crippen LogP contribution in [-0.2, 0) is 6.42 Å². The van der Waals surface area contributed by atoms with E-state index >= 15 is 0 Å². The highest BCUT2D eigenvalue weighted by Crippen LogP contribution is 2.28. The summed E-state index contributed by atoms with van der Waals surface area (Å²) in [6.45, 7) is 2.15. The Bertz CT molecular complexity index is 596. The van der Waals surface area contributed by atoms with Gasteiger partial charge in [-0.25, -0.2) is 0 Å². The second kappa shape index (κ2) is 6.24. The largest absolute Gasteiger partial charge is 0.334 e. The summed E-state index contributed by atoms with van der Waals surface area (Å²) >= 11 is 9.45. The Morgan fingerprint density at radius 3 is 3.10 bits per heavy atom. The van der Waals surface area contributed by atoms with Gasteiger partial charge in [0.05, 0.1) is 5.02 Å². The molecule has 1 aliphatic rings. The molecule has 106 valence electrons. The van der Waals surface area contributed by atoms with Crippen LogP contribution in [0.15, 0.2) is 27.2 Å². The van der Waals surface area contributed by atoms with Crippen molar-refractivity contribution in [2.75, 3.05) is 13.1 Å². The first-order valence-corrected chi connectivity index (χ1v) is 7.88. The predicted octanol–water partition coefficient (Wildman–Crippen LogP) is 3.69. The minimum absolute atomic E-state index is 0.526. The fourth-order valence-corrected chi connectivity index (χ4v) is 2.87. The summed E-state index contributed by atoms with van der Waals surface area (Å²) in [4.78, 5) is 4.47. The van der Waals surface area contributed by atoms with E-state index in [2.05, 4.69) is 31.4 Å². The Morgan fingerprint density at radius 1 is 1.45 bits per heavy atom. The molecule has 1 unspecified atom stereocenters. The molecule has 2 aromatic rings. The predicted molar refractivity (Wildman–Crippen MR) is 81.7 cm³/mol. The Balaban J connectivity index is 1.73. The van der Waals surface area contributed by atoms with Gasteiger partial charge in [0.25, 0.3) is 5.89 Å². The quantitative estimate of drug-likeness (QED) is 0.911. The zero-order valence-corrected chi connectivity index (χ0v) is 13.2. The molecular weight excluding hydrogens is 342 g/mol. The molecule has 0 spiro atoms. The topological polar surface area (TPSA) is 51.0 Å². The van der Waals surface area contributed by atoms with Gasteiger partial charge in [-0.3, -0.25) is 0 Å². The Labute approximate surface area is 131 Å². The molecule has 1 aromatic carbocycles. The van der Waals surface area contributed by atoms with Gasteiger partial charge in [0, 0.05) is 16.5 Å². The summed E-state index contributed by atoms with van der Waals surface area (Å²) in [5.41, 5.74) is 0.846. The van der Waals surface area contributed by atoms with Gasteiger partial charge in [0.1, 0.15) is 0 Å². The second-order valence-corrected chi connectivity index (χ2v) is 6.32. The maximum atomic E-state index is 6.08. The number of hydrogen-bond acceptors (Lipinski definition) is 4. The Morgan fingerprint density at radius 2 is 2.35 bits per heavy atom. The second-order valence-electron chi connectivity index (χ2n) is 5.06. The third-order valence-electron chi connectivity index (χ3n) is 3.50. The normalized spacial score (nSPS) is 19.2. The van der Waals surface area contributed by atoms with E-state index in [0.717, 1.165) is 35.4 Å².